The number of benzene rings is 1. The summed E-state index contributed by atoms with van der Waals surface area (Å²) in [5.41, 5.74) is 2.19. The van der Waals surface area contributed by atoms with Crippen LogP contribution in [0.4, 0.5) is 0 Å². The monoisotopic (exact) mass is 403 g/mol. The molecular weight excluding hydrogens is 374 g/mol. The van der Waals surface area contributed by atoms with E-state index in [1.165, 1.54) is 32.4 Å². The quantitative estimate of drug-likeness (QED) is 0.759. The highest BCUT2D eigenvalue weighted by molar-refractivity contribution is 6.29. The lowest BCUT2D eigenvalue weighted by molar-refractivity contribution is -0.0646. The Morgan fingerprint density at radius 1 is 1.25 bits per heavy atom. The highest BCUT2D eigenvalue weighted by atomic mass is 35.5. The summed E-state index contributed by atoms with van der Waals surface area (Å²) in [6.07, 6.45) is 3.26. The SMILES string of the molecule is Cc1cc(Cl)nc2cc3c(cc12)OC(C)(C)C(O)C3NCCN1CCCCC1. The van der Waals surface area contributed by atoms with Gasteiger partial charge in [-0.1, -0.05) is 18.0 Å². The van der Waals surface area contributed by atoms with E-state index in [0.29, 0.717) is 5.15 Å². The predicted octanol–water partition coefficient (Wildman–Crippen LogP) is 3.85. The van der Waals surface area contributed by atoms with Crippen LogP contribution in [-0.2, 0) is 0 Å². The number of ether oxygens (including phenoxy) is 1. The van der Waals surface area contributed by atoms with Gasteiger partial charge in [0.25, 0.3) is 0 Å². The van der Waals surface area contributed by atoms with Crippen molar-refractivity contribution >= 4 is 22.5 Å². The van der Waals surface area contributed by atoms with Gasteiger partial charge in [-0.05, 0) is 70.5 Å². The molecule has 0 spiro atoms. The van der Waals surface area contributed by atoms with Gasteiger partial charge in [0.05, 0.1) is 11.6 Å². The molecule has 2 aromatic rings. The first-order chi connectivity index (χ1) is 13.3. The number of rotatable bonds is 4. The zero-order valence-corrected chi connectivity index (χ0v) is 17.7. The number of aliphatic hydroxyl groups excluding tert-OH is 1. The Morgan fingerprint density at radius 2 is 2.00 bits per heavy atom. The van der Waals surface area contributed by atoms with E-state index in [0.717, 1.165) is 40.9 Å². The van der Waals surface area contributed by atoms with Gasteiger partial charge in [0.2, 0.25) is 0 Å². The highest BCUT2D eigenvalue weighted by Crippen LogP contribution is 2.42. The molecule has 3 heterocycles. The highest BCUT2D eigenvalue weighted by Gasteiger charge is 2.43. The van der Waals surface area contributed by atoms with Crippen molar-refractivity contribution < 1.29 is 9.84 Å². The molecule has 2 unspecified atom stereocenters. The van der Waals surface area contributed by atoms with Gasteiger partial charge in [-0.25, -0.2) is 4.98 Å². The fourth-order valence-electron chi connectivity index (χ4n) is 4.43. The molecule has 0 radical (unpaired) electrons. The third kappa shape index (κ3) is 3.86. The topological polar surface area (TPSA) is 57.6 Å². The third-order valence-corrected chi connectivity index (χ3v) is 6.29. The van der Waals surface area contributed by atoms with Gasteiger partial charge in [-0.2, -0.15) is 0 Å². The van der Waals surface area contributed by atoms with Crippen LogP contribution >= 0.6 is 11.6 Å². The van der Waals surface area contributed by atoms with E-state index in [1.54, 1.807) is 0 Å². The maximum absolute atomic E-state index is 11.0. The summed E-state index contributed by atoms with van der Waals surface area (Å²) < 4.78 is 6.19. The largest absolute Gasteiger partial charge is 0.485 e. The summed E-state index contributed by atoms with van der Waals surface area (Å²) in [7, 11) is 0. The van der Waals surface area contributed by atoms with Crippen LogP contribution < -0.4 is 10.1 Å². The molecule has 0 aliphatic carbocycles. The van der Waals surface area contributed by atoms with Crippen LogP contribution in [0.15, 0.2) is 18.2 Å². The number of likely N-dealkylation sites (tertiary alicyclic amines) is 1. The summed E-state index contributed by atoms with van der Waals surface area (Å²) in [6.45, 7) is 10.1. The van der Waals surface area contributed by atoms with Gasteiger partial charge >= 0.3 is 0 Å². The first kappa shape index (κ1) is 19.9. The molecule has 5 nitrogen and oxygen atoms in total. The predicted molar refractivity (Wildman–Crippen MR) is 113 cm³/mol. The molecule has 1 fully saturated rings. The zero-order valence-electron chi connectivity index (χ0n) is 17.0. The Hall–Kier alpha value is -1.40. The van der Waals surface area contributed by atoms with E-state index in [9.17, 15) is 5.11 Å². The Bertz CT molecular complexity index is 864. The smallest absolute Gasteiger partial charge is 0.131 e. The van der Waals surface area contributed by atoms with E-state index >= 15 is 0 Å². The minimum Gasteiger partial charge on any atom is -0.485 e. The lowest BCUT2D eigenvalue weighted by Gasteiger charge is -2.43. The van der Waals surface area contributed by atoms with Crippen LogP contribution in [0.25, 0.3) is 10.9 Å². The average Bonchev–Trinajstić information content (AvgIpc) is 2.65. The fourth-order valence-corrected chi connectivity index (χ4v) is 4.68. The number of fused-ring (bicyclic) bond motifs is 2. The van der Waals surface area contributed by atoms with Gasteiger partial charge in [0.15, 0.2) is 0 Å². The van der Waals surface area contributed by atoms with Crippen LogP contribution in [-0.4, -0.2) is 52.9 Å². The molecule has 152 valence electrons. The van der Waals surface area contributed by atoms with Gasteiger partial charge in [0.1, 0.15) is 22.6 Å². The maximum Gasteiger partial charge on any atom is 0.131 e. The van der Waals surface area contributed by atoms with E-state index < -0.39 is 11.7 Å². The first-order valence-corrected chi connectivity index (χ1v) is 10.7. The number of hydrogen-bond acceptors (Lipinski definition) is 5. The summed E-state index contributed by atoms with van der Waals surface area (Å²) >= 11 is 6.17. The first-order valence-electron chi connectivity index (χ1n) is 10.3. The second-order valence-corrected chi connectivity index (χ2v) is 9.04. The average molecular weight is 404 g/mol. The van der Waals surface area contributed by atoms with Crippen molar-refractivity contribution in [2.75, 3.05) is 26.2 Å². The van der Waals surface area contributed by atoms with Crippen molar-refractivity contribution in [3.63, 3.8) is 0 Å². The van der Waals surface area contributed by atoms with Crippen LogP contribution in [0.2, 0.25) is 5.15 Å². The molecule has 0 saturated carbocycles. The van der Waals surface area contributed by atoms with Gasteiger partial charge in [-0.3, -0.25) is 0 Å². The van der Waals surface area contributed by atoms with E-state index in [1.807, 2.05) is 39.0 Å². The second-order valence-electron chi connectivity index (χ2n) is 8.65. The molecule has 1 saturated heterocycles. The molecule has 4 rings (SSSR count). The lowest BCUT2D eigenvalue weighted by Crippen LogP contribution is -2.53. The molecule has 28 heavy (non-hydrogen) atoms. The van der Waals surface area contributed by atoms with E-state index in [4.69, 9.17) is 16.3 Å². The van der Waals surface area contributed by atoms with Gasteiger partial charge < -0.3 is 20.1 Å². The van der Waals surface area contributed by atoms with Crippen molar-refractivity contribution in [3.8, 4) is 5.75 Å². The molecule has 2 aliphatic rings. The minimum atomic E-state index is -0.669. The van der Waals surface area contributed by atoms with Crippen LogP contribution in [0.1, 0.15) is 50.3 Å². The maximum atomic E-state index is 11.0. The van der Waals surface area contributed by atoms with Crippen molar-refractivity contribution in [2.24, 2.45) is 0 Å². The van der Waals surface area contributed by atoms with Crippen molar-refractivity contribution in [2.45, 2.75) is 57.8 Å². The number of aromatic nitrogens is 1. The molecule has 2 atom stereocenters. The van der Waals surface area contributed by atoms with Crippen molar-refractivity contribution in [1.29, 1.82) is 0 Å². The molecule has 1 aromatic carbocycles. The molecular formula is C22H30ClN3O2. The molecule has 2 aliphatic heterocycles. The van der Waals surface area contributed by atoms with Gasteiger partial charge in [0, 0.05) is 24.0 Å². The summed E-state index contributed by atoms with van der Waals surface area (Å²) in [4.78, 5) is 6.99. The Kier molecular flexibility index (Phi) is 5.53. The summed E-state index contributed by atoms with van der Waals surface area (Å²) in [5, 5.41) is 16.1. The molecule has 0 amide bonds. The number of nitrogens with one attached hydrogen (secondary N) is 1. The lowest BCUT2D eigenvalue weighted by atomic mass is 9.85. The summed E-state index contributed by atoms with van der Waals surface area (Å²) in [6, 6.07) is 5.72. The minimum absolute atomic E-state index is 0.200. The number of aliphatic hydroxyl groups is 1. The Balaban J connectivity index is 1.63. The number of hydrogen-bond donors (Lipinski definition) is 2. The van der Waals surface area contributed by atoms with Crippen LogP contribution in [0.3, 0.4) is 0 Å². The van der Waals surface area contributed by atoms with Crippen LogP contribution in [0, 0.1) is 6.92 Å². The second kappa shape index (κ2) is 7.79. The number of aryl methyl sites for hydroxylation is 1. The fraction of sp³-hybridized carbons (Fsp3) is 0.591. The summed E-state index contributed by atoms with van der Waals surface area (Å²) in [5.74, 6) is 0.811. The third-order valence-electron chi connectivity index (χ3n) is 6.09. The standard InChI is InChI=1S/C22H30ClN3O2/c1-14-11-19(23)25-17-12-16-18(13-15(14)17)28-22(2,3)21(27)20(16)24-7-10-26-8-5-4-6-9-26/h11-13,20-21,24,27H,4-10H2,1-3H3. The Morgan fingerprint density at radius 3 is 2.75 bits per heavy atom. The molecule has 1 aromatic heterocycles. The molecule has 6 heteroatoms. The van der Waals surface area contributed by atoms with E-state index in [-0.39, 0.29) is 6.04 Å². The normalized spacial score (nSPS) is 24.8. The van der Waals surface area contributed by atoms with Gasteiger partial charge in [-0.15, -0.1) is 0 Å². The molecule has 2 N–H and O–H groups in total. The Labute approximate surface area is 172 Å². The van der Waals surface area contributed by atoms with Crippen LogP contribution in [0.5, 0.6) is 5.75 Å². The van der Waals surface area contributed by atoms with Crippen molar-refractivity contribution in [1.82, 2.24) is 15.2 Å². The van der Waals surface area contributed by atoms with Crippen molar-refractivity contribution in [3.05, 3.63) is 34.5 Å². The number of pyridine rings is 1. The number of halogens is 1. The van der Waals surface area contributed by atoms with E-state index in [2.05, 4.69) is 15.2 Å². The number of nitrogens with zero attached hydrogens (tertiary/aromatic N) is 2. The number of piperidine rings is 1. The molecule has 0 bridgehead atoms. The zero-order chi connectivity index (χ0) is 19.9.